The van der Waals surface area contributed by atoms with E-state index in [1.807, 2.05) is 33.3 Å². The topological polar surface area (TPSA) is 114 Å². The average molecular weight is 1020 g/mol. The van der Waals surface area contributed by atoms with Crippen LogP contribution in [0.4, 0.5) is 0 Å². The van der Waals surface area contributed by atoms with Gasteiger partial charge in [0.2, 0.25) is 5.91 Å². The number of nitrogens with zero attached hydrogens (tertiary/aromatic N) is 1. The lowest BCUT2D eigenvalue weighted by Crippen LogP contribution is -2.47. The third-order valence-electron chi connectivity index (χ3n) is 13.9. The van der Waals surface area contributed by atoms with E-state index in [-0.39, 0.29) is 31.5 Å². The first-order valence-electron chi connectivity index (χ1n) is 30.6. The highest BCUT2D eigenvalue weighted by Crippen LogP contribution is 2.38. The van der Waals surface area contributed by atoms with Crippen molar-refractivity contribution in [2.45, 2.75) is 315 Å². The van der Waals surface area contributed by atoms with Gasteiger partial charge in [0.1, 0.15) is 19.3 Å². The molecule has 0 aromatic heterocycles. The quantitative estimate of drug-likeness (QED) is 0.0212. The third kappa shape index (κ3) is 53.1. The van der Waals surface area contributed by atoms with Gasteiger partial charge in [-0.05, 0) is 57.4 Å². The maximum Gasteiger partial charge on any atom is 0.306 e. The van der Waals surface area contributed by atoms with Gasteiger partial charge in [-0.15, -0.1) is 0 Å². The Hall–Kier alpha value is -1.51. The molecule has 0 saturated carbocycles. The molecule has 0 radical (unpaired) electrons. The molecule has 3 atom stereocenters. The first kappa shape index (κ1) is 69.5. The van der Waals surface area contributed by atoms with Gasteiger partial charge in [-0.2, -0.15) is 0 Å². The maximum absolute atomic E-state index is 13.5. The number of carbonyl (C=O) groups is 2. The van der Waals surface area contributed by atoms with Crippen LogP contribution in [-0.2, 0) is 27.9 Å². The zero-order chi connectivity index (χ0) is 52.2. The van der Waals surface area contributed by atoms with Crippen molar-refractivity contribution in [1.82, 2.24) is 5.32 Å². The van der Waals surface area contributed by atoms with Crippen LogP contribution in [0.3, 0.4) is 0 Å². The number of unbranched alkanes of at least 4 members (excludes halogenated alkanes) is 38. The Morgan fingerprint density at radius 1 is 0.479 bits per heavy atom. The van der Waals surface area contributed by atoms with Crippen LogP contribution in [0.25, 0.3) is 0 Å². The molecule has 9 nitrogen and oxygen atoms in total. The highest BCUT2D eigenvalue weighted by atomic mass is 31.2. The van der Waals surface area contributed by atoms with E-state index in [0.717, 1.165) is 57.8 Å². The second-order valence-electron chi connectivity index (χ2n) is 22.2. The predicted octanol–water partition coefficient (Wildman–Crippen LogP) is 17.9. The summed E-state index contributed by atoms with van der Waals surface area (Å²) in [5, 5.41) is 3.03. The standard InChI is InChI=1S/C61H119N2O7P/c1-7-10-13-16-19-22-25-27-29-30-31-32-34-36-39-42-45-48-51-54-61(65)70-59(52-49-46-43-40-37-24-21-18-15-12-9-3)58(57-69-71(66,67)68-56-55-63(4,5)6)62-60(64)53-50-47-44-41-38-35-33-28-26-23-20-17-14-11-8-2/h27,29,49,52,58-59H,7-26,28,30-48,50-51,53-57H2,1-6H3,(H-,62,64,66,67)/b29-27+,52-49+. The van der Waals surface area contributed by atoms with Crippen LogP contribution >= 0.6 is 7.82 Å². The summed E-state index contributed by atoms with van der Waals surface area (Å²) in [5.74, 6) is -0.529. The van der Waals surface area contributed by atoms with Gasteiger partial charge >= 0.3 is 5.97 Å². The van der Waals surface area contributed by atoms with Crippen molar-refractivity contribution in [1.29, 1.82) is 0 Å². The molecule has 0 bridgehead atoms. The van der Waals surface area contributed by atoms with Crippen LogP contribution < -0.4 is 10.2 Å². The summed E-state index contributed by atoms with van der Waals surface area (Å²) in [6, 6.07) is -0.882. The summed E-state index contributed by atoms with van der Waals surface area (Å²) < 4.78 is 30.3. The van der Waals surface area contributed by atoms with Gasteiger partial charge in [-0.3, -0.25) is 14.2 Å². The van der Waals surface area contributed by atoms with Crippen LogP contribution in [0, 0.1) is 0 Å². The van der Waals surface area contributed by atoms with Gasteiger partial charge in [-0.25, -0.2) is 0 Å². The largest absolute Gasteiger partial charge is 0.756 e. The van der Waals surface area contributed by atoms with E-state index in [4.69, 9.17) is 13.8 Å². The lowest BCUT2D eigenvalue weighted by Gasteiger charge is -2.30. The number of phosphoric ester groups is 1. The van der Waals surface area contributed by atoms with Crippen molar-refractivity contribution in [2.24, 2.45) is 0 Å². The second-order valence-corrected chi connectivity index (χ2v) is 23.6. The number of quaternary nitrogens is 1. The predicted molar refractivity (Wildman–Crippen MR) is 303 cm³/mol. The van der Waals surface area contributed by atoms with E-state index in [1.54, 1.807) is 0 Å². The van der Waals surface area contributed by atoms with E-state index in [1.165, 1.54) is 212 Å². The molecule has 0 aliphatic heterocycles. The van der Waals surface area contributed by atoms with Crippen molar-refractivity contribution in [3.63, 3.8) is 0 Å². The first-order valence-corrected chi connectivity index (χ1v) is 32.1. The van der Waals surface area contributed by atoms with Gasteiger partial charge in [0.05, 0.1) is 33.8 Å². The Morgan fingerprint density at radius 2 is 0.817 bits per heavy atom. The monoisotopic (exact) mass is 1020 g/mol. The van der Waals surface area contributed by atoms with E-state index < -0.39 is 20.0 Å². The SMILES string of the molecule is CCCCCCCC/C=C/CCCCCCCCCCCC(=O)OC(/C=C/CCCCCCCCCCC)C(COP(=O)([O-])OCC[N+](C)(C)C)NC(=O)CCCCCCCCCCCCCCCCC. The molecule has 420 valence electrons. The molecule has 0 heterocycles. The molecular formula is C61H119N2O7P. The first-order chi connectivity index (χ1) is 34.4. The molecule has 1 amide bonds. The Morgan fingerprint density at radius 3 is 1.20 bits per heavy atom. The molecule has 0 saturated heterocycles. The Bertz CT molecular complexity index is 1270. The molecular weight excluding hydrogens is 904 g/mol. The number of rotatable bonds is 56. The minimum absolute atomic E-state index is 0.0190. The number of hydrogen-bond donors (Lipinski definition) is 1. The summed E-state index contributed by atoms with van der Waals surface area (Å²) in [5.41, 5.74) is 0. The molecule has 0 aliphatic carbocycles. The molecule has 3 unspecified atom stereocenters. The third-order valence-corrected chi connectivity index (χ3v) is 14.8. The Kier molecular flexibility index (Phi) is 50.8. The fourth-order valence-corrected chi connectivity index (χ4v) is 9.83. The Labute approximate surface area is 441 Å². The number of nitrogens with one attached hydrogen (secondary N) is 1. The highest BCUT2D eigenvalue weighted by molar-refractivity contribution is 7.45. The van der Waals surface area contributed by atoms with E-state index in [0.29, 0.717) is 17.4 Å². The van der Waals surface area contributed by atoms with E-state index in [9.17, 15) is 19.0 Å². The normalized spacial score (nSPS) is 13.8. The van der Waals surface area contributed by atoms with Crippen molar-refractivity contribution >= 4 is 19.7 Å². The zero-order valence-corrected chi connectivity index (χ0v) is 48.8. The number of likely N-dealkylation sites (N-methyl/N-ethyl adjacent to an activating group) is 1. The van der Waals surface area contributed by atoms with Crippen molar-refractivity contribution in [3.05, 3.63) is 24.3 Å². The van der Waals surface area contributed by atoms with E-state index >= 15 is 0 Å². The minimum atomic E-state index is -4.69. The molecule has 71 heavy (non-hydrogen) atoms. The highest BCUT2D eigenvalue weighted by Gasteiger charge is 2.27. The van der Waals surface area contributed by atoms with Crippen molar-refractivity contribution in [2.75, 3.05) is 40.9 Å². The number of carbonyl (C=O) groups excluding carboxylic acids is 2. The van der Waals surface area contributed by atoms with Crippen molar-refractivity contribution in [3.8, 4) is 0 Å². The van der Waals surface area contributed by atoms with Gasteiger partial charge in [0.25, 0.3) is 7.82 Å². The molecule has 10 heteroatoms. The fourth-order valence-electron chi connectivity index (χ4n) is 9.11. The maximum atomic E-state index is 13.5. The molecule has 1 N–H and O–H groups in total. The molecule has 0 spiro atoms. The van der Waals surface area contributed by atoms with E-state index in [2.05, 4.69) is 38.2 Å². The number of esters is 1. The van der Waals surface area contributed by atoms with Crippen LogP contribution in [-0.4, -0.2) is 69.4 Å². The van der Waals surface area contributed by atoms with Gasteiger partial charge in [0, 0.05) is 12.8 Å². The van der Waals surface area contributed by atoms with Crippen LogP contribution in [0.2, 0.25) is 0 Å². The van der Waals surface area contributed by atoms with Crippen molar-refractivity contribution < 1.29 is 37.3 Å². The van der Waals surface area contributed by atoms with Crippen LogP contribution in [0.15, 0.2) is 24.3 Å². The van der Waals surface area contributed by atoms with Gasteiger partial charge in [0.15, 0.2) is 0 Å². The Balaban J connectivity index is 5.20. The average Bonchev–Trinajstić information content (AvgIpc) is 3.33. The molecule has 0 rings (SSSR count). The summed E-state index contributed by atoms with van der Waals surface area (Å²) in [7, 11) is 1.20. The lowest BCUT2D eigenvalue weighted by atomic mass is 10.0. The summed E-state index contributed by atoms with van der Waals surface area (Å²) in [6.07, 6.45) is 59.9. The molecule has 0 aromatic carbocycles. The van der Waals surface area contributed by atoms with Gasteiger partial charge < -0.3 is 28.5 Å². The second kappa shape index (κ2) is 52.0. The number of phosphoric acid groups is 1. The number of ether oxygens (including phenoxy) is 1. The summed E-state index contributed by atoms with van der Waals surface area (Å²) in [4.78, 5) is 39.9. The molecule has 0 aliphatic rings. The van der Waals surface area contributed by atoms with Crippen LogP contribution in [0.1, 0.15) is 303 Å². The molecule has 0 fully saturated rings. The number of allylic oxidation sites excluding steroid dienone is 3. The number of hydrogen-bond acceptors (Lipinski definition) is 7. The smallest absolute Gasteiger partial charge is 0.306 e. The zero-order valence-electron chi connectivity index (χ0n) is 48.0. The number of amides is 1. The molecule has 0 aromatic rings. The summed E-state index contributed by atoms with van der Waals surface area (Å²) >= 11 is 0. The lowest BCUT2D eigenvalue weighted by molar-refractivity contribution is -0.870. The minimum Gasteiger partial charge on any atom is -0.756 e. The summed E-state index contributed by atoms with van der Waals surface area (Å²) in [6.45, 7) is 6.87. The van der Waals surface area contributed by atoms with Gasteiger partial charge in [-0.1, -0.05) is 257 Å². The fraction of sp³-hybridized carbons (Fsp3) is 0.902. The van der Waals surface area contributed by atoms with Crippen LogP contribution in [0.5, 0.6) is 0 Å².